The number of rotatable bonds is 3. The summed E-state index contributed by atoms with van der Waals surface area (Å²) in [7, 11) is 3.11. The van der Waals surface area contributed by atoms with Crippen molar-refractivity contribution in [3.05, 3.63) is 0 Å². The topological polar surface area (TPSA) is 55.8 Å². The molecule has 0 aromatic heterocycles. The van der Waals surface area contributed by atoms with Crippen molar-refractivity contribution in [3.63, 3.8) is 0 Å². The first-order valence-electron chi connectivity index (χ1n) is 3.13. The Labute approximate surface area is 75.2 Å². The fraction of sp³-hybridized carbons (Fsp3) is 0.667. The molecule has 0 saturated carbocycles. The zero-order valence-corrected chi connectivity index (χ0v) is 7.63. The molecule has 6 heteroatoms. The lowest BCUT2D eigenvalue weighted by Gasteiger charge is -2.09. The molecule has 0 fully saturated rings. The highest BCUT2D eigenvalue weighted by atomic mass is 35.5. The van der Waals surface area contributed by atoms with Crippen LogP contribution in [0.15, 0.2) is 0 Å². The number of ether oxygens (including phenoxy) is 2. The molecule has 5 nitrogen and oxygen atoms in total. The lowest BCUT2D eigenvalue weighted by Crippen LogP contribution is -2.27. The van der Waals surface area contributed by atoms with Crippen LogP contribution in [0.4, 0.5) is 4.79 Å². The Bertz CT molecular complexity index is 171. The summed E-state index contributed by atoms with van der Waals surface area (Å²) in [4.78, 5) is 22.6. The van der Waals surface area contributed by atoms with Crippen LogP contribution in [-0.4, -0.2) is 43.7 Å². The quantitative estimate of drug-likeness (QED) is 0.484. The molecule has 0 rings (SSSR count). The van der Waals surface area contributed by atoms with Gasteiger partial charge in [0, 0.05) is 14.1 Å². The molecule has 12 heavy (non-hydrogen) atoms. The van der Waals surface area contributed by atoms with E-state index in [0.717, 1.165) is 0 Å². The lowest BCUT2D eigenvalue weighted by atomic mass is 10.6. The third-order valence-electron chi connectivity index (χ3n) is 0.985. The van der Waals surface area contributed by atoms with Crippen molar-refractivity contribution in [1.29, 1.82) is 0 Å². The monoisotopic (exact) mass is 195 g/mol. The van der Waals surface area contributed by atoms with Gasteiger partial charge in [-0.2, -0.15) is 0 Å². The summed E-state index contributed by atoms with van der Waals surface area (Å²) in [6.07, 6.45) is -0.944. The zero-order chi connectivity index (χ0) is 9.56. The number of hydrogen-bond acceptors (Lipinski definition) is 4. The van der Waals surface area contributed by atoms with E-state index in [1.807, 2.05) is 0 Å². The molecule has 0 saturated heterocycles. The molecule has 70 valence electrons. The molecular weight excluding hydrogens is 186 g/mol. The predicted molar refractivity (Wildman–Crippen MR) is 41.8 cm³/mol. The van der Waals surface area contributed by atoms with Crippen LogP contribution in [0.3, 0.4) is 0 Å². The molecule has 0 atom stereocenters. The average Bonchev–Trinajstić information content (AvgIpc) is 2.00. The van der Waals surface area contributed by atoms with E-state index >= 15 is 0 Å². The van der Waals surface area contributed by atoms with Crippen LogP contribution in [0.2, 0.25) is 0 Å². The van der Waals surface area contributed by atoms with Crippen molar-refractivity contribution in [2.75, 3.05) is 26.8 Å². The summed E-state index contributed by atoms with van der Waals surface area (Å²) in [6, 6.07) is -0.283. The Morgan fingerprint density at radius 2 is 1.92 bits per heavy atom. The summed E-state index contributed by atoms with van der Waals surface area (Å²) in [5, 5.41) is 0. The molecule has 0 N–H and O–H groups in total. The molecular formula is C6H10ClNO4. The number of alkyl halides is 1. The van der Waals surface area contributed by atoms with Gasteiger partial charge in [-0.1, -0.05) is 11.6 Å². The van der Waals surface area contributed by atoms with Crippen LogP contribution >= 0.6 is 11.6 Å². The largest absolute Gasteiger partial charge is 0.509 e. The maximum atomic E-state index is 10.8. The van der Waals surface area contributed by atoms with Gasteiger partial charge in [-0.3, -0.25) is 4.79 Å². The number of carbonyl (C=O) groups is 2. The van der Waals surface area contributed by atoms with E-state index in [2.05, 4.69) is 9.47 Å². The molecule has 0 aliphatic heterocycles. The van der Waals surface area contributed by atoms with Crippen molar-refractivity contribution in [2.45, 2.75) is 0 Å². The molecule has 0 bridgehead atoms. The van der Waals surface area contributed by atoms with Crippen molar-refractivity contribution >= 4 is 23.7 Å². The van der Waals surface area contributed by atoms with Crippen molar-refractivity contribution < 1.29 is 19.1 Å². The number of likely N-dealkylation sites (N-methyl/N-ethyl adjacent to an activating group) is 1. The minimum Gasteiger partial charge on any atom is -0.424 e. The molecule has 0 heterocycles. The first kappa shape index (κ1) is 11.0. The van der Waals surface area contributed by atoms with E-state index in [-0.39, 0.29) is 18.6 Å². The Balaban J connectivity index is 3.54. The Kier molecular flexibility index (Phi) is 5.19. The van der Waals surface area contributed by atoms with Crippen LogP contribution in [0.25, 0.3) is 0 Å². The maximum Gasteiger partial charge on any atom is 0.509 e. The van der Waals surface area contributed by atoms with Crippen LogP contribution < -0.4 is 0 Å². The van der Waals surface area contributed by atoms with Gasteiger partial charge < -0.3 is 14.4 Å². The number of amides is 1. The summed E-state index contributed by atoms with van der Waals surface area (Å²) in [6.45, 7) is -0.331. The standard InChI is InChI=1S/C6H10ClNO4/c1-8(2)5(9)3-11-6(10)12-4-7/h3-4H2,1-2H3. The van der Waals surface area contributed by atoms with E-state index in [9.17, 15) is 9.59 Å². The normalized spacial score (nSPS) is 8.92. The van der Waals surface area contributed by atoms with Crippen LogP contribution in [-0.2, 0) is 14.3 Å². The van der Waals surface area contributed by atoms with Crippen molar-refractivity contribution in [3.8, 4) is 0 Å². The fourth-order valence-electron chi connectivity index (χ4n) is 0.336. The fourth-order valence-corrected chi connectivity index (χ4v) is 0.425. The van der Waals surface area contributed by atoms with Gasteiger partial charge >= 0.3 is 6.16 Å². The van der Waals surface area contributed by atoms with Crippen LogP contribution in [0.5, 0.6) is 0 Å². The third kappa shape index (κ3) is 4.79. The van der Waals surface area contributed by atoms with E-state index in [1.54, 1.807) is 14.1 Å². The first-order valence-corrected chi connectivity index (χ1v) is 3.67. The summed E-state index contributed by atoms with van der Waals surface area (Å²) >= 11 is 5.06. The number of carbonyl (C=O) groups excluding carboxylic acids is 2. The van der Waals surface area contributed by atoms with E-state index in [1.165, 1.54) is 4.90 Å². The van der Waals surface area contributed by atoms with E-state index in [4.69, 9.17) is 11.6 Å². The highest BCUT2D eigenvalue weighted by Gasteiger charge is 2.08. The molecule has 0 spiro atoms. The first-order chi connectivity index (χ1) is 5.57. The smallest absolute Gasteiger partial charge is 0.424 e. The second kappa shape index (κ2) is 5.65. The zero-order valence-electron chi connectivity index (χ0n) is 6.87. The third-order valence-corrected chi connectivity index (χ3v) is 1.09. The molecule has 0 aliphatic carbocycles. The van der Waals surface area contributed by atoms with E-state index in [0.29, 0.717) is 0 Å². The molecule has 0 aliphatic rings. The highest BCUT2D eigenvalue weighted by molar-refractivity contribution is 6.17. The molecule has 0 aromatic carbocycles. The molecule has 0 radical (unpaired) electrons. The summed E-state index contributed by atoms with van der Waals surface area (Å²) in [5.74, 6) is -0.318. The van der Waals surface area contributed by atoms with E-state index < -0.39 is 6.16 Å². The summed E-state index contributed by atoms with van der Waals surface area (Å²) < 4.78 is 8.57. The van der Waals surface area contributed by atoms with Gasteiger partial charge in [0.1, 0.15) is 0 Å². The van der Waals surface area contributed by atoms with Gasteiger partial charge in [0.2, 0.25) is 0 Å². The van der Waals surface area contributed by atoms with Gasteiger partial charge in [0.05, 0.1) is 0 Å². The Morgan fingerprint density at radius 3 is 2.33 bits per heavy atom. The highest BCUT2D eigenvalue weighted by Crippen LogP contribution is 1.88. The van der Waals surface area contributed by atoms with Crippen molar-refractivity contribution in [1.82, 2.24) is 4.90 Å². The second-order valence-electron chi connectivity index (χ2n) is 2.08. The van der Waals surface area contributed by atoms with Crippen LogP contribution in [0.1, 0.15) is 0 Å². The van der Waals surface area contributed by atoms with Gasteiger partial charge in [-0.15, -0.1) is 0 Å². The van der Waals surface area contributed by atoms with Gasteiger partial charge in [-0.05, 0) is 0 Å². The maximum absolute atomic E-state index is 10.8. The summed E-state index contributed by atoms with van der Waals surface area (Å²) in [5.41, 5.74) is 0. The Morgan fingerprint density at radius 1 is 1.33 bits per heavy atom. The Hall–Kier alpha value is -0.970. The number of halogens is 1. The average molecular weight is 196 g/mol. The van der Waals surface area contributed by atoms with Gasteiger partial charge in [-0.25, -0.2) is 4.79 Å². The number of hydrogen-bond donors (Lipinski definition) is 0. The second-order valence-corrected chi connectivity index (χ2v) is 2.30. The molecule has 0 aromatic rings. The van der Waals surface area contributed by atoms with Crippen LogP contribution in [0, 0.1) is 0 Å². The minimum absolute atomic E-state index is 0.283. The lowest BCUT2D eigenvalue weighted by molar-refractivity contribution is -0.132. The molecule has 1 amide bonds. The van der Waals surface area contributed by atoms with Gasteiger partial charge in [0.15, 0.2) is 12.7 Å². The molecule has 0 unspecified atom stereocenters. The van der Waals surface area contributed by atoms with Gasteiger partial charge in [0.25, 0.3) is 5.91 Å². The number of nitrogens with zero attached hydrogens (tertiary/aromatic N) is 1. The SMILES string of the molecule is CN(C)C(=O)COC(=O)OCCl. The minimum atomic E-state index is -0.944. The van der Waals surface area contributed by atoms with Crippen molar-refractivity contribution in [2.24, 2.45) is 0 Å². The predicted octanol–water partition coefficient (Wildman–Crippen LogP) is 0.424.